The summed E-state index contributed by atoms with van der Waals surface area (Å²) in [5, 5.41) is 1.81. The minimum atomic E-state index is 0.445. The summed E-state index contributed by atoms with van der Waals surface area (Å²) in [6.45, 7) is 6.40. The first-order chi connectivity index (χ1) is 8.66. The Balaban J connectivity index is 2.09. The van der Waals surface area contributed by atoms with Crippen LogP contribution in [0.15, 0.2) is 12.1 Å². The molecule has 0 bridgehead atoms. The van der Waals surface area contributed by atoms with Crippen LogP contribution in [0.25, 0.3) is 0 Å². The molecule has 1 aliphatic rings. The van der Waals surface area contributed by atoms with Crippen molar-refractivity contribution in [2.24, 2.45) is 5.92 Å². The van der Waals surface area contributed by atoms with E-state index in [1.165, 1.54) is 0 Å². The number of nitrogens with zero attached hydrogens (tertiary/aromatic N) is 2. The van der Waals surface area contributed by atoms with Gasteiger partial charge in [-0.1, -0.05) is 13.8 Å². The van der Waals surface area contributed by atoms with Gasteiger partial charge in [0.25, 0.3) is 0 Å². The molecule has 0 radical (unpaired) electrons. The second-order valence-electron chi connectivity index (χ2n) is 4.91. The molecular weight excluding hydrogens is 230 g/mol. The third-order valence-electron chi connectivity index (χ3n) is 2.69. The van der Waals surface area contributed by atoms with Gasteiger partial charge in [-0.3, -0.25) is 4.84 Å². The number of pyridine rings is 1. The molecule has 0 atom stereocenters. The van der Waals surface area contributed by atoms with Crippen molar-refractivity contribution in [3.05, 3.63) is 12.1 Å². The van der Waals surface area contributed by atoms with Crippen LogP contribution in [0.5, 0.6) is 5.88 Å². The summed E-state index contributed by atoms with van der Waals surface area (Å²) in [5.74, 6) is 1.71. The highest BCUT2D eigenvalue weighted by atomic mass is 16.7. The van der Waals surface area contributed by atoms with Crippen LogP contribution >= 0.6 is 0 Å². The van der Waals surface area contributed by atoms with Crippen molar-refractivity contribution in [1.29, 1.82) is 0 Å². The Hall–Kier alpha value is -1.49. The second kappa shape index (κ2) is 5.91. The first-order valence-corrected chi connectivity index (χ1v) is 6.46. The zero-order chi connectivity index (χ0) is 13.0. The lowest BCUT2D eigenvalue weighted by Crippen LogP contribution is -2.30. The van der Waals surface area contributed by atoms with Crippen LogP contribution in [0.2, 0.25) is 0 Å². The van der Waals surface area contributed by atoms with E-state index in [9.17, 15) is 0 Å². The zero-order valence-corrected chi connectivity index (χ0v) is 11.1. The van der Waals surface area contributed by atoms with Gasteiger partial charge in [0.05, 0.1) is 18.9 Å². The maximum Gasteiger partial charge on any atom is 0.239 e. The van der Waals surface area contributed by atoms with E-state index in [0.29, 0.717) is 24.1 Å². The summed E-state index contributed by atoms with van der Waals surface area (Å²) < 4.78 is 5.61. The van der Waals surface area contributed by atoms with Gasteiger partial charge in [0, 0.05) is 6.54 Å². The number of anilines is 2. The Morgan fingerprint density at radius 3 is 2.94 bits per heavy atom. The van der Waals surface area contributed by atoms with Gasteiger partial charge >= 0.3 is 0 Å². The Kier molecular flexibility index (Phi) is 4.25. The molecule has 18 heavy (non-hydrogen) atoms. The molecule has 2 N–H and O–H groups in total. The summed E-state index contributed by atoms with van der Waals surface area (Å²) in [5.41, 5.74) is 6.42. The van der Waals surface area contributed by atoms with E-state index in [4.69, 9.17) is 15.3 Å². The molecule has 5 heteroatoms. The van der Waals surface area contributed by atoms with Crippen molar-refractivity contribution in [3.63, 3.8) is 0 Å². The summed E-state index contributed by atoms with van der Waals surface area (Å²) in [7, 11) is 0. The van der Waals surface area contributed by atoms with Crippen LogP contribution in [-0.2, 0) is 4.84 Å². The monoisotopic (exact) mass is 251 g/mol. The van der Waals surface area contributed by atoms with Crippen molar-refractivity contribution < 1.29 is 9.57 Å². The van der Waals surface area contributed by atoms with Crippen LogP contribution in [0.1, 0.15) is 26.7 Å². The highest BCUT2D eigenvalue weighted by molar-refractivity contribution is 5.53. The maximum atomic E-state index is 5.86. The number of nitrogens with two attached hydrogens (primary N) is 1. The van der Waals surface area contributed by atoms with Crippen molar-refractivity contribution in [2.75, 3.05) is 30.6 Å². The molecule has 2 heterocycles. The van der Waals surface area contributed by atoms with Crippen molar-refractivity contribution in [3.8, 4) is 5.88 Å². The SMILES string of the molecule is CC(C)COc1nc(N2CCCCO2)ccc1N. The minimum Gasteiger partial charge on any atom is -0.476 e. The Morgan fingerprint density at radius 1 is 1.44 bits per heavy atom. The summed E-state index contributed by atoms with van der Waals surface area (Å²) >= 11 is 0. The second-order valence-corrected chi connectivity index (χ2v) is 4.91. The third-order valence-corrected chi connectivity index (χ3v) is 2.69. The Morgan fingerprint density at radius 2 is 2.28 bits per heavy atom. The van der Waals surface area contributed by atoms with Gasteiger partial charge in [-0.25, -0.2) is 5.06 Å². The topological polar surface area (TPSA) is 60.6 Å². The molecule has 1 aromatic rings. The molecule has 5 nitrogen and oxygen atoms in total. The smallest absolute Gasteiger partial charge is 0.239 e. The fraction of sp³-hybridized carbons (Fsp3) is 0.615. The molecule has 1 aliphatic heterocycles. The predicted octanol–water partition coefficient (Wildman–Crippen LogP) is 2.23. The standard InChI is InChI=1S/C13H21N3O2/c1-10(2)9-17-13-11(14)5-6-12(15-13)16-7-3-4-8-18-16/h5-6,10H,3-4,7-9,14H2,1-2H3. The minimum absolute atomic E-state index is 0.445. The van der Waals surface area contributed by atoms with E-state index < -0.39 is 0 Å². The summed E-state index contributed by atoms with van der Waals surface area (Å²) in [6, 6.07) is 3.68. The lowest BCUT2D eigenvalue weighted by Gasteiger charge is -2.27. The Bertz CT molecular complexity index is 390. The van der Waals surface area contributed by atoms with Gasteiger partial charge in [-0.2, -0.15) is 4.98 Å². The molecule has 1 aromatic heterocycles. The van der Waals surface area contributed by atoms with E-state index >= 15 is 0 Å². The number of nitrogen functional groups attached to an aromatic ring is 1. The lowest BCUT2D eigenvalue weighted by molar-refractivity contribution is 0.0758. The number of ether oxygens (including phenoxy) is 1. The molecule has 0 aromatic carbocycles. The van der Waals surface area contributed by atoms with Crippen LogP contribution < -0.4 is 15.5 Å². The van der Waals surface area contributed by atoms with Gasteiger partial charge in [0.15, 0.2) is 5.82 Å². The van der Waals surface area contributed by atoms with E-state index in [1.54, 1.807) is 0 Å². The molecule has 0 aliphatic carbocycles. The van der Waals surface area contributed by atoms with Crippen molar-refractivity contribution in [2.45, 2.75) is 26.7 Å². The van der Waals surface area contributed by atoms with E-state index in [0.717, 1.165) is 31.8 Å². The molecule has 1 saturated heterocycles. The number of rotatable bonds is 4. The van der Waals surface area contributed by atoms with Gasteiger partial charge in [-0.05, 0) is 30.9 Å². The first-order valence-electron chi connectivity index (χ1n) is 6.46. The molecule has 0 spiro atoms. The average molecular weight is 251 g/mol. The number of hydrogen-bond acceptors (Lipinski definition) is 5. The van der Waals surface area contributed by atoms with Gasteiger partial charge in [-0.15, -0.1) is 0 Å². The average Bonchev–Trinajstić information content (AvgIpc) is 2.38. The van der Waals surface area contributed by atoms with Crippen molar-refractivity contribution in [1.82, 2.24) is 4.98 Å². The highest BCUT2D eigenvalue weighted by Gasteiger charge is 2.15. The molecule has 0 amide bonds. The van der Waals surface area contributed by atoms with Crippen LogP contribution in [-0.4, -0.2) is 24.7 Å². The van der Waals surface area contributed by atoms with Crippen LogP contribution in [0.4, 0.5) is 11.5 Å². The molecule has 0 saturated carbocycles. The number of hydroxylamine groups is 1. The molecule has 2 rings (SSSR count). The maximum absolute atomic E-state index is 5.86. The Labute approximate surface area is 108 Å². The summed E-state index contributed by atoms with van der Waals surface area (Å²) in [6.07, 6.45) is 2.22. The molecule has 0 unspecified atom stereocenters. The number of hydrogen-bond donors (Lipinski definition) is 1. The van der Waals surface area contributed by atoms with Gasteiger partial charge in [0.2, 0.25) is 5.88 Å². The fourth-order valence-corrected chi connectivity index (χ4v) is 1.72. The molecular formula is C13H21N3O2. The predicted molar refractivity (Wildman–Crippen MR) is 71.5 cm³/mol. The van der Waals surface area contributed by atoms with E-state index in [1.807, 2.05) is 17.2 Å². The normalized spacial score (nSPS) is 16.1. The van der Waals surface area contributed by atoms with Gasteiger partial charge in [0.1, 0.15) is 0 Å². The van der Waals surface area contributed by atoms with Gasteiger partial charge < -0.3 is 10.5 Å². The lowest BCUT2D eigenvalue weighted by atomic mass is 10.2. The molecule has 100 valence electrons. The van der Waals surface area contributed by atoms with Crippen LogP contribution in [0.3, 0.4) is 0 Å². The largest absolute Gasteiger partial charge is 0.476 e. The summed E-state index contributed by atoms with van der Waals surface area (Å²) in [4.78, 5) is 9.98. The first kappa shape index (κ1) is 13.0. The third kappa shape index (κ3) is 3.26. The fourth-order valence-electron chi connectivity index (χ4n) is 1.72. The highest BCUT2D eigenvalue weighted by Crippen LogP contribution is 2.25. The van der Waals surface area contributed by atoms with Crippen LogP contribution in [0, 0.1) is 5.92 Å². The zero-order valence-electron chi connectivity index (χ0n) is 11.1. The molecule has 1 fully saturated rings. The van der Waals surface area contributed by atoms with Crippen molar-refractivity contribution >= 4 is 11.5 Å². The van der Waals surface area contributed by atoms with E-state index in [2.05, 4.69) is 18.8 Å². The van der Waals surface area contributed by atoms with E-state index in [-0.39, 0.29) is 0 Å². The number of aromatic nitrogens is 1. The quantitative estimate of drug-likeness (QED) is 0.889.